The number of pyridine rings is 1. The lowest BCUT2D eigenvalue weighted by Crippen LogP contribution is -2.37. The third-order valence-corrected chi connectivity index (χ3v) is 5.61. The van der Waals surface area contributed by atoms with Gasteiger partial charge < -0.3 is 20.1 Å². The zero-order chi connectivity index (χ0) is 20.5. The Kier molecular flexibility index (Phi) is 5.08. The quantitative estimate of drug-likeness (QED) is 0.825. The van der Waals surface area contributed by atoms with Gasteiger partial charge in [0.05, 0.1) is 12.1 Å². The summed E-state index contributed by atoms with van der Waals surface area (Å²) < 4.78 is 2.07. The van der Waals surface area contributed by atoms with E-state index in [2.05, 4.69) is 20.2 Å². The molecule has 3 amide bonds. The van der Waals surface area contributed by atoms with Gasteiger partial charge in [-0.2, -0.15) is 0 Å². The first-order chi connectivity index (χ1) is 13.9. The standard InChI is InChI=1S/C21H25N5O3/c1-13-16(11-17(25(13)2)14-4-5-14)20(28)24-18-10-15(6-8-22-18)21(29)26-9-3-7-23-19(27)12-26/h6,8,10-11,14H,3-5,7,9,12H2,1-2H3,(H,23,27)(H,22,24,28). The molecule has 2 aliphatic rings. The van der Waals surface area contributed by atoms with Crippen LogP contribution in [0.15, 0.2) is 24.4 Å². The Balaban J connectivity index is 1.50. The Morgan fingerprint density at radius 1 is 1.28 bits per heavy atom. The first-order valence-corrected chi connectivity index (χ1v) is 9.93. The summed E-state index contributed by atoms with van der Waals surface area (Å²) in [5.74, 6) is 0.217. The molecule has 152 valence electrons. The molecule has 0 radical (unpaired) electrons. The van der Waals surface area contributed by atoms with Gasteiger partial charge in [0.25, 0.3) is 11.8 Å². The van der Waals surface area contributed by atoms with Crippen molar-refractivity contribution < 1.29 is 14.4 Å². The van der Waals surface area contributed by atoms with Crippen LogP contribution in [-0.4, -0.2) is 51.8 Å². The summed E-state index contributed by atoms with van der Waals surface area (Å²) in [5, 5.41) is 5.56. The number of amides is 3. The Bertz CT molecular complexity index is 977. The van der Waals surface area contributed by atoms with Gasteiger partial charge in [-0.05, 0) is 50.3 Å². The van der Waals surface area contributed by atoms with Crippen LogP contribution in [0.3, 0.4) is 0 Å². The minimum Gasteiger partial charge on any atom is -0.354 e. The Hall–Kier alpha value is -3.16. The van der Waals surface area contributed by atoms with Gasteiger partial charge in [0, 0.05) is 43.3 Å². The maximum Gasteiger partial charge on any atom is 0.258 e. The Labute approximate surface area is 169 Å². The van der Waals surface area contributed by atoms with Crippen LogP contribution < -0.4 is 10.6 Å². The van der Waals surface area contributed by atoms with Crippen LogP contribution in [-0.2, 0) is 11.8 Å². The molecule has 4 rings (SSSR count). The maximum atomic E-state index is 12.8. The lowest BCUT2D eigenvalue weighted by atomic mass is 10.2. The first kappa shape index (κ1) is 19.2. The fourth-order valence-corrected chi connectivity index (χ4v) is 3.70. The van der Waals surface area contributed by atoms with Crippen LogP contribution in [0.5, 0.6) is 0 Å². The molecule has 29 heavy (non-hydrogen) atoms. The van der Waals surface area contributed by atoms with E-state index in [1.165, 1.54) is 29.6 Å². The van der Waals surface area contributed by atoms with Crippen molar-refractivity contribution in [1.29, 1.82) is 0 Å². The van der Waals surface area contributed by atoms with E-state index in [4.69, 9.17) is 0 Å². The van der Waals surface area contributed by atoms with Crippen LogP contribution in [0.4, 0.5) is 5.82 Å². The van der Waals surface area contributed by atoms with Crippen molar-refractivity contribution in [3.05, 3.63) is 46.9 Å². The van der Waals surface area contributed by atoms with E-state index in [1.807, 2.05) is 20.0 Å². The van der Waals surface area contributed by atoms with Gasteiger partial charge in [0.15, 0.2) is 0 Å². The first-order valence-electron chi connectivity index (χ1n) is 9.93. The minimum absolute atomic E-state index is 0.0377. The summed E-state index contributed by atoms with van der Waals surface area (Å²) in [6, 6.07) is 5.11. The van der Waals surface area contributed by atoms with Crippen LogP contribution in [0.2, 0.25) is 0 Å². The molecule has 2 N–H and O–H groups in total. The number of carbonyl (C=O) groups is 3. The molecule has 1 saturated carbocycles. The van der Waals surface area contributed by atoms with E-state index >= 15 is 0 Å². The number of nitrogens with one attached hydrogen (secondary N) is 2. The van der Waals surface area contributed by atoms with E-state index in [0.29, 0.717) is 42.4 Å². The van der Waals surface area contributed by atoms with Gasteiger partial charge in [-0.1, -0.05) is 0 Å². The molecular weight excluding hydrogens is 370 g/mol. The van der Waals surface area contributed by atoms with Crippen molar-refractivity contribution in [2.45, 2.75) is 32.1 Å². The van der Waals surface area contributed by atoms with Crippen LogP contribution in [0, 0.1) is 6.92 Å². The predicted octanol–water partition coefficient (Wildman–Crippen LogP) is 1.82. The second-order valence-electron chi connectivity index (χ2n) is 7.72. The normalized spacial score (nSPS) is 16.9. The van der Waals surface area contributed by atoms with Gasteiger partial charge in [-0.25, -0.2) is 4.98 Å². The molecule has 0 bridgehead atoms. The van der Waals surface area contributed by atoms with Crippen molar-refractivity contribution in [2.75, 3.05) is 25.0 Å². The third-order valence-electron chi connectivity index (χ3n) is 5.61. The summed E-state index contributed by atoms with van der Waals surface area (Å²) in [5.41, 5.74) is 3.11. The number of hydrogen-bond donors (Lipinski definition) is 2. The molecule has 8 heteroatoms. The van der Waals surface area contributed by atoms with Gasteiger partial charge in [0.1, 0.15) is 5.82 Å². The summed E-state index contributed by atoms with van der Waals surface area (Å²) in [7, 11) is 1.98. The van der Waals surface area contributed by atoms with Gasteiger partial charge in [-0.3, -0.25) is 14.4 Å². The molecule has 2 fully saturated rings. The number of hydrogen-bond acceptors (Lipinski definition) is 4. The molecule has 1 aliphatic carbocycles. The summed E-state index contributed by atoms with van der Waals surface area (Å²) >= 11 is 0. The monoisotopic (exact) mass is 395 g/mol. The predicted molar refractivity (Wildman–Crippen MR) is 108 cm³/mol. The minimum atomic E-state index is -0.244. The fourth-order valence-electron chi connectivity index (χ4n) is 3.70. The van der Waals surface area contributed by atoms with E-state index in [9.17, 15) is 14.4 Å². The smallest absolute Gasteiger partial charge is 0.258 e. The van der Waals surface area contributed by atoms with Crippen LogP contribution in [0.25, 0.3) is 0 Å². The molecule has 0 spiro atoms. The number of nitrogens with zero attached hydrogens (tertiary/aromatic N) is 3. The van der Waals surface area contributed by atoms with Gasteiger partial charge in [0.2, 0.25) is 5.91 Å². The highest BCUT2D eigenvalue weighted by molar-refractivity contribution is 6.05. The largest absolute Gasteiger partial charge is 0.354 e. The maximum absolute atomic E-state index is 12.8. The van der Waals surface area contributed by atoms with Gasteiger partial charge >= 0.3 is 0 Å². The molecule has 8 nitrogen and oxygen atoms in total. The van der Waals surface area contributed by atoms with E-state index in [-0.39, 0.29) is 24.3 Å². The second-order valence-corrected chi connectivity index (χ2v) is 7.72. The summed E-state index contributed by atoms with van der Waals surface area (Å²) in [6.07, 6.45) is 4.54. The SMILES string of the molecule is Cc1c(C(=O)Nc2cc(C(=O)N3CCCNC(=O)C3)ccn2)cc(C2CC2)n1C. The van der Waals surface area contributed by atoms with Gasteiger partial charge in [-0.15, -0.1) is 0 Å². The van der Waals surface area contributed by atoms with E-state index < -0.39 is 0 Å². The highest BCUT2D eigenvalue weighted by Gasteiger charge is 2.29. The molecule has 0 atom stereocenters. The second kappa shape index (κ2) is 7.69. The highest BCUT2D eigenvalue weighted by atomic mass is 16.2. The van der Waals surface area contributed by atoms with Crippen molar-refractivity contribution in [3.63, 3.8) is 0 Å². The Morgan fingerprint density at radius 2 is 2.07 bits per heavy atom. The molecule has 3 heterocycles. The fraction of sp³-hybridized carbons (Fsp3) is 0.429. The van der Waals surface area contributed by atoms with Crippen LogP contribution >= 0.6 is 0 Å². The zero-order valence-corrected chi connectivity index (χ0v) is 16.7. The highest BCUT2D eigenvalue weighted by Crippen LogP contribution is 2.41. The van der Waals surface area contributed by atoms with Crippen molar-refractivity contribution >= 4 is 23.5 Å². The lowest BCUT2D eigenvalue weighted by Gasteiger charge is -2.19. The molecule has 0 aromatic carbocycles. The number of anilines is 1. The third kappa shape index (κ3) is 4.01. The molecule has 2 aromatic heterocycles. The number of rotatable bonds is 4. The van der Waals surface area contributed by atoms with Crippen molar-refractivity contribution in [2.24, 2.45) is 7.05 Å². The average Bonchev–Trinajstić information content (AvgIpc) is 3.52. The summed E-state index contributed by atoms with van der Waals surface area (Å²) in [4.78, 5) is 43.0. The van der Waals surface area contributed by atoms with E-state index in [1.54, 1.807) is 12.1 Å². The zero-order valence-electron chi connectivity index (χ0n) is 16.7. The number of aromatic nitrogens is 2. The molecule has 1 saturated heterocycles. The lowest BCUT2D eigenvalue weighted by molar-refractivity contribution is -0.121. The molecule has 2 aromatic rings. The van der Waals surface area contributed by atoms with Crippen LogP contribution in [0.1, 0.15) is 57.3 Å². The van der Waals surface area contributed by atoms with Crippen molar-refractivity contribution in [1.82, 2.24) is 19.8 Å². The molecule has 0 unspecified atom stereocenters. The summed E-state index contributed by atoms with van der Waals surface area (Å²) in [6.45, 7) is 3.04. The molecular formula is C21H25N5O3. The van der Waals surface area contributed by atoms with E-state index in [0.717, 1.165) is 5.69 Å². The topological polar surface area (TPSA) is 96.3 Å². The van der Waals surface area contributed by atoms with Crippen molar-refractivity contribution in [3.8, 4) is 0 Å². The number of carbonyl (C=O) groups excluding carboxylic acids is 3. The average molecular weight is 395 g/mol. The molecule has 1 aliphatic heterocycles. The Morgan fingerprint density at radius 3 is 2.83 bits per heavy atom.